The Morgan fingerprint density at radius 2 is 1.73 bits per heavy atom. The van der Waals surface area contributed by atoms with Gasteiger partial charge in [-0.25, -0.2) is 12.4 Å². The van der Waals surface area contributed by atoms with Gasteiger partial charge in [0.1, 0.15) is 0 Å². The van der Waals surface area contributed by atoms with Crippen LogP contribution in [-0.2, 0) is 10.0 Å². The molecule has 0 bridgehead atoms. The van der Waals surface area contributed by atoms with E-state index in [1.807, 2.05) is 6.92 Å². The molecular weight excluding hydrogens is 374 g/mol. The van der Waals surface area contributed by atoms with Gasteiger partial charge < -0.3 is 11.1 Å². The van der Waals surface area contributed by atoms with Gasteiger partial charge in [-0.3, -0.25) is 4.79 Å². The van der Waals surface area contributed by atoms with Crippen LogP contribution in [0.1, 0.15) is 41.6 Å². The second kappa shape index (κ2) is 8.24. The topological polar surface area (TPSA) is 94.2 Å². The van der Waals surface area contributed by atoms with E-state index < -0.39 is 10.0 Å². The molecule has 0 radical (unpaired) electrons. The number of aryl methyl sites for hydroxylation is 1. The van der Waals surface area contributed by atoms with Crippen molar-refractivity contribution in [3.8, 4) is 0 Å². The van der Waals surface area contributed by atoms with Gasteiger partial charge in [-0.2, -0.15) is 0 Å². The van der Waals surface area contributed by atoms with Crippen LogP contribution in [0.3, 0.4) is 0 Å². The third kappa shape index (κ3) is 4.47. The maximum Gasteiger partial charge on any atom is 0.267 e. The minimum absolute atomic E-state index is 0. The Bertz CT molecular complexity index is 854. The molecule has 1 aliphatic rings. The van der Waals surface area contributed by atoms with E-state index in [1.165, 1.54) is 18.5 Å². The van der Waals surface area contributed by atoms with Crippen molar-refractivity contribution in [2.24, 2.45) is 5.73 Å². The van der Waals surface area contributed by atoms with Crippen LogP contribution < -0.4 is 11.1 Å². The molecule has 142 valence electrons. The van der Waals surface area contributed by atoms with Gasteiger partial charge in [0.05, 0.1) is 10.5 Å². The van der Waals surface area contributed by atoms with Crippen LogP contribution in [0.25, 0.3) is 0 Å². The molecule has 1 aromatic carbocycles. The summed E-state index contributed by atoms with van der Waals surface area (Å²) < 4.78 is 26.3. The molecule has 3 N–H and O–H groups in total. The third-order valence-corrected chi connectivity index (χ3v) is 6.28. The number of nitrogens with zero attached hydrogens (tertiary/aromatic N) is 1. The Kier molecular flexibility index (Phi) is 6.49. The lowest BCUT2D eigenvalue weighted by molar-refractivity contribution is 0.0926. The largest absolute Gasteiger partial charge is 0.349 e. The molecule has 1 fully saturated rings. The van der Waals surface area contributed by atoms with E-state index in [0.29, 0.717) is 5.56 Å². The summed E-state index contributed by atoms with van der Waals surface area (Å²) in [6, 6.07) is 8.47. The van der Waals surface area contributed by atoms with Crippen LogP contribution in [-0.4, -0.2) is 30.4 Å². The average molecular weight is 398 g/mol. The number of hydrogen-bond acceptors (Lipinski definition) is 4. The van der Waals surface area contributed by atoms with Crippen molar-refractivity contribution in [2.75, 3.05) is 0 Å². The summed E-state index contributed by atoms with van der Waals surface area (Å²) in [5.41, 5.74) is 7.20. The molecule has 0 atom stereocenters. The van der Waals surface area contributed by atoms with Crippen molar-refractivity contribution in [2.45, 2.75) is 49.6 Å². The number of amides is 1. The first-order chi connectivity index (χ1) is 11.9. The lowest BCUT2D eigenvalue weighted by atomic mass is 9.92. The zero-order valence-corrected chi connectivity index (χ0v) is 16.2. The Morgan fingerprint density at radius 1 is 1.12 bits per heavy atom. The van der Waals surface area contributed by atoms with Gasteiger partial charge in [-0.15, -0.1) is 12.4 Å². The highest BCUT2D eigenvalue weighted by atomic mass is 35.5. The van der Waals surface area contributed by atoms with Gasteiger partial charge in [-0.1, -0.05) is 17.7 Å². The smallest absolute Gasteiger partial charge is 0.267 e. The maximum absolute atomic E-state index is 12.6. The predicted octanol–water partition coefficient (Wildman–Crippen LogP) is 2.46. The Morgan fingerprint density at radius 3 is 2.35 bits per heavy atom. The summed E-state index contributed by atoms with van der Waals surface area (Å²) in [6.45, 7) is 1.90. The fourth-order valence-electron chi connectivity index (χ4n) is 3.02. The van der Waals surface area contributed by atoms with E-state index in [0.717, 1.165) is 35.2 Å². The highest BCUT2D eigenvalue weighted by Gasteiger charge is 2.22. The van der Waals surface area contributed by atoms with Gasteiger partial charge in [0.25, 0.3) is 15.9 Å². The number of hydrogen-bond donors (Lipinski definition) is 2. The Balaban J connectivity index is 0.00000243. The van der Waals surface area contributed by atoms with Gasteiger partial charge >= 0.3 is 0 Å². The van der Waals surface area contributed by atoms with Crippen LogP contribution >= 0.6 is 12.4 Å². The van der Waals surface area contributed by atoms with Gasteiger partial charge in [-0.05, 0) is 50.8 Å². The molecule has 8 heteroatoms. The zero-order valence-electron chi connectivity index (χ0n) is 14.6. The molecule has 0 aliphatic heterocycles. The van der Waals surface area contributed by atoms with E-state index in [4.69, 9.17) is 5.73 Å². The van der Waals surface area contributed by atoms with Crippen LogP contribution in [0, 0.1) is 6.92 Å². The van der Waals surface area contributed by atoms with Crippen molar-refractivity contribution in [1.29, 1.82) is 0 Å². The van der Waals surface area contributed by atoms with E-state index in [9.17, 15) is 13.2 Å². The number of carbonyl (C=O) groups is 1. The molecule has 1 aromatic heterocycles. The first-order valence-electron chi connectivity index (χ1n) is 8.43. The molecule has 0 unspecified atom stereocenters. The zero-order chi connectivity index (χ0) is 18.0. The molecule has 1 aliphatic carbocycles. The highest BCUT2D eigenvalue weighted by Crippen LogP contribution is 2.19. The predicted molar refractivity (Wildman–Crippen MR) is 103 cm³/mol. The van der Waals surface area contributed by atoms with E-state index in [2.05, 4.69) is 5.32 Å². The van der Waals surface area contributed by atoms with Crippen LogP contribution in [0.5, 0.6) is 0 Å². The molecule has 2 aromatic rings. The molecule has 3 rings (SSSR count). The molecule has 1 amide bonds. The molecular formula is C18H24ClN3O3S. The minimum Gasteiger partial charge on any atom is -0.349 e. The fraction of sp³-hybridized carbons (Fsp3) is 0.389. The second-order valence-electron chi connectivity index (χ2n) is 6.63. The fourth-order valence-corrected chi connectivity index (χ4v) is 4.22. The van der Waals surface area contributed by atoms with Crippen LogP contribution in [0.15, 0.2) is 47.6 Å². The first-order valence-corrected chi connectivity index (χ1v) is 9.87. The number of nitrogens with one attached hydrogen (secondary N) is 1. The number of halogens is 1. The van der Waals surface area contributed by atoms with Crippen LogP contribution in [0.4, 0.5) is 0 Å². The molecule has 0 saturated heterocycles. The highest BCUT2D eigenvalue weighted by molar-refractivity contribution is 7.90. The summed E-state index contributed by atoms with van der Waals surface area (Å²) in [5.74, 6) is -0.252. The van der Waals surface area contributed by atoms with Gasteiger partial charge in [0.15, 0.2) is 0 Å². The van der Waals surface area contributed by atoms with Crippen molar-refractivity contribution >= 4 is 28.3 Å². The summed E-state index contributed by atoms with van der Waals surface area (Å²) in [7, 11) is -3.69. The summed E-state index contributed by atoms with van der Waals surface area (Å²) in [5, 5.41) is 2.97. The van der Waals surface area contributed by atoms with Crippen molar-refractivity contribution < 1.29 is 13.2 Å². The molecule has 1 saturated carbocycles. The van der Waals surface area contributed by atoms with Gasteiger partial charge in [0, 0.05) is 24.5 Å². The molecule has 1 heterocycles. The second-order valence-corrected chi connectivity index (χ2v) is 8.48. The molecule has 26 heavy (non-hydrogen) atoms. The number of carbonyl (C=O) groups excluding carboxylic acids is 1. The van der Waals surface area contributed by atoms with Crippen molar-refractivity contribution in [1.82, 2.24) is 9.29 Å². The average Bonchev–Trinajstić information content (AvgIpc) is 3.08. The Labute approximate surface area is 160 Å². The summed E-state index contributed by atoms with van der Waals surface area (Å²) in [6.07, 6.45) is 6.27. The lowest BCUT2D eigenvalue weighted by Crippen LogP contribution is -2.40. The standard InChI is InChI=1S/C18H23N3O3S.ClH/c1-13-2-8-17(9-3-13)25(23,24)21-11-10-14(12-21)18(22)20-16-6-4-15(19)5-7-16;/h2-3,8-12,15-16H,4-7,19H2,1H3,(H,20,22);1H. The number of nitrogens with two attached hydrogens (primary N) is 1. The first kappa shape index (κ1) is 20.5. The number of rotatable bonds is 4. The van der Waals surface area contributed by atoms with Crippen molar-refractivity contribution in [3.05, 3.63) is 53.9 Å². The number of aromatic nitrogens is 1. The normalized spacial score (nSPS) is 20.2. The third-order valence-electron chi connectivity index (χ3n) is 4.63. The molecule has 0 spiro atoms. The van der Waals surface area contributed by atoms with Crippen LogP contribution in [0.2, 0.25) is 0 Å². The lowest BCUT2D eigenvalue weighted by Gasteiger charge is -2.26. The minimum atomic E-state index is -3.69. The maximum atomic E-state index is 12.6. The van der Waals surface area contributed by atoms with E-state index in [-0.39, 0.29) is 35.3 Å². The summed E-state index contributed by atoms with van der Waals surface area (Å²) >= 11 is 0. The van der Waals surface area contributed by atoms with Crippen molar-refractivity contribution in [3.63, 3.8) is 0 Å². The molecule has 6 nitrogen and oxygen atoms in total. The summed E-state index contributed by atoms with van der Waals surface area (Å²) in [4.78, 5) is 12.6. The Hall–Kier alpha value is -1.83. The van der Waals surface area contributed by atoms with Gasteiger partial charge in [0.2, 0.25) is 0 Å². The van der Waals surface area contributed by atoms with E-state index >= 15 is 0 Å². The quantitative estimate of drug-likeness (QED) is 0.828. The van der Waals surface area contributed by atoms with E-state index in [1.54, 1.807) is 24.3 Å². The number of benzene rings is 1. The monoisotopic (exact) mass is 397 g/mol. The SMILES string of the molecule is Cc1ccc(S(=O)(=O)n2ccc(C(=O)NC3CCC(N)CC3)c2)cc1.Cl.